The molecule has 0 saturated carbocycles. The van der Waals surface area contributed by atoms with E-state index in [4.69, 9.17) is 4.74 Å². The van der Waals surface area contributed by atoms with Crippen LogP contribution in [0.25, 0.3) is 0 Å². The molecule has 5 heteroatoms. The number of hydrogen-bond acceptors (Lipinski definition) is 3. The minimum atomic E-state index is -0.957. The third-order valence-corrected chi connectivity index (χ3v) is 4.19. The first kappa shape index (κ1) is 13.1. The highest BCUT2D eigenvalue weighted by molar-refractivity contribution is 6.03. The molecule has 0 aromatic heterocycles. The first-order chi connectivity index (χ1) is 9.59. The summed E-state index contributed by atoms with van der Waals surface area (Å²) >= 11 is 0. The molecule has 1 aromatic carbocycles. The first-order valence-corrected chi connectivity index (χ1v) is 6.85. The molecule has 0 aliphatic carbocycles. The summed E-state index contributed by atoms with van der Waals surface area (Å²) in [7, 11) is 0. The van der Waals surface area contributed by atoms with E-state index in [1.54, 1.807) is 0 Å². The van der Waals surface area contributed by atoms with Crippen LogP contribution >= 0.6 is 0 Å². The molecule has 1 fully saturated rings. The third kappa shape index (κ3) is 1.98. The highest BCUT2D eigenvalue weighted by Gasteiger charge is 2.43. The number of anilines is 1. The second kappa shape index (κ2) is 4.90. The van der Waals surface area contributed by atoms with Crippen LogP contribution in [-0.2, 0) is 20.7 Å². The Bertz CT molecular complexity index is 557. The molecule has 1 N–H and O–H groups in total. The Hall–Kier alpha value is -1.88. The van der Waals surface area contributed by atoms with Gasteiger partial charge in [-0.05, 0) is 25.0 Å². The summed E-state index contributed by atoms with van der Waals surface area (Å²) in [6, 6.07) is 6.60. The van der Waals surface area contributed by atoms with Gasteiger partial charge in [0.2, 0.25) is 5.91 Å². The molecular formula is C15H17NO4. The number of amides is 1. The number of carboxylic acids is 1. The SMILES string of the molecule is CC1OCCC1C(=O)N1c2ccccc2C[C@H]1C(=O)O. The predicted octanol–water partition coefficient (Wildman–Crippen LogP) is 1.45. The maximum absolute atomic E-state index is 12.7. The van der Waals surface area contributed by atoms with E-state index in [1.807, 2.05) is 31.2 Å². The van der Waals surface area contributed by atoms with E-state index in [9.17, 15) is 14.7 Å². The number of para-hydroxylation sites is 1. The topological polar surface area (TPSA) is 66.8 Å². The zero-order valence-electron chi connectivity index (χ0n) is 11.3. The van der Waals surface area contributed by atoms with Crippen LogP contribution in [0.1, 0.15) is 18.9 Å². The van der Waals surface area contributed by atoms with E-state index in [0.29, 0.717) is 19.4 Å². The number of aliphatic carboxylic acids is 1. The lowest BCUT2D eigenvalue weighted by molar-refractivity contribution is -0.140. The van der Waals surface area contributed by atoms with Gasteiger partial charge in [0.25, 0.3) is 0 Å². The highest BCUT2D eigenvalue weighted by Crippen LogP contribution is 2.35. The van der Waals surface area contributed by atoms with Crippen molar-refractivity contribution in [2.75, 3.05) is 11.5 Å². The fraction of sp³-hybridized carbons (Fsp3) is 0.467. The predicted molar refractivity (Wildman–Crippen MR) is 72.6 cm³/mol. The third-order valence-electron chi connectivity index (χ3n) is 4.19. The van der Waals surface area contributed by atoms with Gasteiger partial charge in [0.1, 0.15) is 6.04 Å². The number of fused-ring (bicyclic) bond motifs is 1. The van der Waals surface area contributed by atoms with Gasteiger partial charge in [0.05, 0.1) is 12.0 Å². The second-order valence-electron chi connectivity index (χ2n) is 5.37. The molecule has 1 amide bonds. The average Bonchev–Trinajstić information content (AvgIpc) is 3.01. The normalized spacial score (nSPS) is 28.4. The number of carbonyl (C=O) groups is 2. The van der Waals surface area contributed by atoms with Crippen LogP contribution in [0.15, 0.2) is 24.3 Å². The quantitative estimate of drug-likeness (QED) is 0.887. The van der Waals surface area contributed by atoms with Crippen molar-refractivity contribution in [3.8, 4) is 0 Å². The molecule has 20 heavy (non-hydrogen) atoms. The van der Waals surface area contributed by atoms with Crippen LogP contribution in [-0.4, -0.2) is 35.7 Å². The molecular weight excluding hydrogens is 258 g/mol. The summed E-state index contributed by atoms with van der Waals surface area (Å²) < 4.78 is 5.43. The van der Waals surface area contributed by atoms with Crippen LogP contribution < -0.4 is 4.90 Å². The molecule has 5 nitrogen and oxygen atoms in total. The summed E-state index contributed by atoms with van der Waals surface area (Å²) in [5, 5.41) is 9.39. The zero-order valence-corrected chi connectivity index (χ0v) is 11.3. The molecule has 0 bridgehead atoms. The average molecular weight is 275 g/mol. The molecule has 3 atom stereocenters. The summed E-state index contributed by atoms with van der Waals surface area (Å²) in [6.45, 7) is 2.43. The van der Waals surface area contributed by atoms with E-state index in [-0.39, 0.29) is 17.9 Å². The molecule has 1 saturated heterocycles. The zero-order chi connectivity index (χ0) is 14.3. The van der Waals surface area contributed by atoms with Crippen molar-refractivity contribution in [3.63, 3.8) is 0 Å². The lowest BCUT2D eigenvalue weighted by Crippen LogP contribution is -2.46. The van der Waals surface area contributed by atoms with E-state index < -0.39 is 12.0 Å². The number of hydrogen-bond donors (Lipinski definition) is 1. The van der Waals surface area contributed by atoms with Crippen LogP contribution in [0.4, 0.5) is 5.69 Å². The fourth-order valence-corrected chi connectivity index (χ4v) is 3.09. The van der Waals surface area contributed by atoms with Crippen LogP contribution in [0.2, 0.25) is 0 Å². The number of nitrogens with zero attached hydrogens (tertiary/aromatic N) is 1. The fourth-order valence-electron chi connectivity index (χ4n) is 3.09. The van der Waals surface area contributed by atoms with E-state index in [1.165, 1.54) is 4.90 Å². The van der Waals surface area contributed by atoms with Gasteiger partial charge in [-0.3, -0.25) is 9.69 Å². The van der Waals surface area contributed by atoms with Crippen molar-refractivity contribution >= 4 is 17.6 Å². The maximum atomic E-state index is 12.7. The molecule has 0 spiro atoms. The molecule has 2 unspecified atom stereocenters. The second-order valence-corrected chi connectivity index (χ2v) is 5.37. The smallest absolute Gasteiger partial charge is 0.327 e. The largest absolute Gasteiger partial charge is 0.480 e. The minimum Gasteiger partial charge on any atom is -0.480 e. The van der Waals surface area contributed by atoms with Crippen molar-refractivity contribution < 1.29 is 19.4 Å². The van der Waals surface area contributed by atoms with Gasteiger partial charge in [-0.25, -0.2) is 4.79 Å². The van der Waals surface area contributed by atoms with Crippen LogP contribution in [0, 0.1) is 5.92 Å². The van der Waals surface area contributed by atoms with E-state index >= 15 is 0 Å². The summed E-state index contributed by atoms with van der Waals surface area (Å²) in [4.78, 5) is 25.6. The van der Waals surface area contributed by atoms with Gasteiger partial charge in [-0.1, -0.05) is 18.2 Å². The van der Waals surface area contributed by atoms with Crippen molar-refractivity contribution in [3.05, 3.63) is 29.8 Å². The molecule has 1 aromatic rings. The number of ether oxygens (including phenoxy) is 1. The van der Waals surface area contributed by atoms with Gasteiger partial charge in [-0.15, -0.1) is 0 Å². The number of carbonyl (C=O) groups excluding carboxylic acids is 1. The molecule has 2 heterocycles. The molecule has 2 aliphatic rings. The Labute approximate surface area is 117 Å². The number of benzene rings is 1. The molecule has 0 radical (unpaired) electrons. The van der Waals surface area contributed by atoms with Gasteiger partial charge >= 0.3 is 5.97 Å². The Morgan fingerprint density at radius 1 is 1.35 bits per heavy atom. The van der Waals surface area contributed by atoms with Crippen LogP contribution in [0.5, 0.6) is 0 Å². The minimum absolute atomic E-state index is 0.132. The Balaban J connectivity index is 1.96. The van der Waals surface area contributed by atoms with Crippen LogP contribution in [0.3, 0.4) is 0 Å². The lowest BCUT2D eigenvalue weighted by atomic mass is 10.0. The van der Waals surface area contributed by atoms with Crippen molar-refractivity contribution in [1.82, 2.24) is 0 Å². The van der Waals surface area contributed by atoms with Gasteiger partial charge in [0.15, 0.2) is 0 Å². The summed E-state index contributed by atoms with van der Waals surface area (Å²) in [5.74, 6) is -1.34. The summed E-state index contributed by atoms with van der Waals surface area (Å²) in [6.07, 6.45) is 0.884. The standard InChI is InChI=1S/C15H17NO4/c1-9-11(6-7-20-9)14(17)16-12-5-3-2-4-10(12)8-13(16)15(18)19/h2-5,9,11,13H,6-8H2,1H3,(H,18,19)/t9?,11?,13-/m0/s1. The molecule has 3 rings (SSSR count). The number of rotatable bonds is 2. The van der Waals surface area contributed by atoms with Gasteiger partial charge < -0.3 is 9.84 Å². The first-order valence-electron chi connectivity index (χ1n) is 6.85. The molecule has 2 aliphatic heterocycles. The van der Waals surface area contributed by atoms with Gasteiger partial charge in [-0.2, -0.15) is 0 Å². The Morgan fingerprint density at radius 2 is 2.10 bits per heavy atom. The lowest BCUT2D eigenvalue weighted by Gasteiger charge is -2.26. The van der Waals surface area contributed by atoms with Crippen molar-refractivity contribution in [2.24, 2.45) is 5.92 Å². The Kier molecular flexibility index (Phi) is 3.22. The summed E-state index contributed by atoms with van der Waals surface area (Å²) in [5.41, 5.74) is 1.64. The van der Waals surface area contributed by atoms with Crippen molar-refractivity contribution in [1.29, 1.82) is 0 Å². The molecule has 106 valence electrons. The highest BCUT2D eigenvalue weighted by atomic mass is 16.5. The van der Waals surface area contributed by atoms with E-state index in [0.717, 1.165) is 11.3 Å². The van der Waals surface area contributed by atoms with Crippen molar-refractivity contribution in [2.45, 2.75) is 31.9 Å². The van der Waals surface area contributed by atoms with Gasteiger partial charge in [0, 0.05) is 18.7 Å². The monoisotopic (exact) mass is 275 g/mol. The van der Waals surface area contributed by atoms with E-state index in [2.05, 4.69) is 0 Å². The maximum Gasteiger partial charge on any atom is 0.327 e. The number of carboxylic acid groups (broad SMARTS) is 1. The Morgan fingerprint density at radius 3 is 2.75 bits per heavy atom.